The summed E-state index contributed by atoms with van der Waals surface area (Å²) < 4.78 is 0. The predicted octanol–water partition coefficient (Wildman–Crippen LogP) is 5.25. The standard InChI is InChI=1S/C14H18Cl2O/c1-3-10(8-9-11(17)4-2)14-12(15)6-5-7-13(14)16/h5-7,10H,3-4,8-9H2,1-2H3. The second-order valence-corrected chi connectivity index (χ2v) is 4.99. The zero-order valence-electron chi connectivity index (χ0n) is 10.3. The van der Waals surface area contributed by atoms with Crippen LogP contribution in [0, 0.1) is 0 Å². The third-order valence-electron chi connectivity index (χ3n) is 3.07. The van der Waals surface area contributed by atoms with Gasteiger partial charge in [0.2, 0.25) is 0 Å². The fourth-order valence-electron chi connectivity index (χ4n) is 1.97. The summed E-state index contributed by atoms with van der Waals surface area (Å²) >= 11 is 12.4. The molecule has 0 saturated carbocycles. The molecule has 0 spiro atoms. The van der Waals surface area contributed by atoms with Gasteiger partial charge < -0.3 is 0 Å². The summed E-state index contributed by atoms with van der Waals surface area (Å²) in [6.45, 7) is 3.99. The van der Waals surface area contributed by atoms with E-state index in [0.717, 1.165) is 18.4 Å². The highest BCUT2D eigenvalue weighted by molar-refractivity contribution is 6.36. The van der Waals surface area contributed by atoms with E-state index in [1.807, 2.05) is 25.1 Å². The largest absolute Gasteiger partial charge is 0.300 e. The highest BCUT2D eigenvalue weighted by Gasteiger charge is 2.17. The fourth-order valence-corrected chi connectivity index (χ4v) is 2.67. The number of rotatable bonds is 6. The smallest absolute Gasteiger partial charge is 0.132 e. The van der Waals surface area contributed by atoms with Crippen molar-refractivity contribution in [1.29, 1.82) is 0 Å². The van der Waals surface area contributed by atoms with E-state index in [0.29, 0.717) is 28.7 Å². The second kappa shape index (κ2) is 7.03. The van der Waals surface area contributed by atoms with Crippen LogP contribution in [0.4, 0.5) is 0 Å². The van der Waals surface area contributed by atoms with Gasteiger partial charge in [-0.15, -0.1) is 0 Å². The summed E-state index contributed by atoms with van der Waals surface area (Å²) in [5, 5.41) is 1.40. The van der Waals surface area contributed by atoms with E-state index in [4.69, 9.17) is 23.2 Å². The van der Waals surface area contributed by atoms with Crippen LogP contribution in [-0.4, -0.2) is 5.78 Å². The maximum atomic E-state index is 11.4. The molecule has 0 bridgehead atoms. The van der Waals surface area contributed by atoms with Crippen molar-refractivity contribution in [3.8, 4) is 0 Å². The van der Waals surface area contributed by atoms with Gasteiger partial charge in [-0.25, -0.2) is 0 Å². The lowest BCUT2D eigenvalue weighted by Gasteiger charge is -2.17. The molecule has 0 aromatic heterocycles. The molecule has 0 heterocycles. The van der Waals surface area contributed by atoms with Gasteiger partial charge in [0, 0.05) is 22.9 Å². The summed E-state index contributed by atoms with van der Waals surface area (Å²) in [6.07, 6.45) is 2.98. The van der Waals surface area contributed by atoms with Crippen molar-refractivity contribution in [3.63, 3.8) is 0 Å². The number of hydrogen-bond donors (Lipinski definition) is 0. The first-order chi connectivity index (χ1) is 8.10. The Labute approximate surface area is 113 Å². The van der Waals surface area contributed by atoms with Crippen molar-refractivity contribution in [3.05, 3.63) is 33.8 Å². The summed E-state index contributed by atoms with van der Waals surface area (Å²) in [4.78, 5) is 11.4. The Bertz CT molecular complexity index is 368. The third-order valence-corrected chi connectivity index (χ3v) is 3.73. The number of carbonyl (C=O) groups is 1. The first-order valence-corrected chi connectivity index (χ1v) is 6.81. The van der Waals surface area contributed by atoms with Crippen LogP contribution in [0.2, 0.25) is 10.0 Å². The van der Waals surface area contributed by atoms with Gasteiger partial charge in [0.25, 0.3) is 0 Å². The SMILES string of the molecule is CCC(=O)CCC(CC)c1c(Cl)cccc1Cl. The maximum Gasteiger partial charge on any atom is 0.132 e. The lowest BCUT2D eigenvalue weighted by Crippen LogP contribution is -2.04. The van der Waals surface area contributed by atoms with Gasteiger partial charge in [0.15, 0.2) is 0 Å². The number of Topliss-reactive ketones (excluding diaryl/α,β-unsaturated/α-hetero) is 1. The van der Waals surface area contributed by atoms with Crippen molar-refractivity contribution >= 4 is 29.0 Å². The van der Waals surface area contributed by atoms with Crippen molar-refractivity contribution in [1.82, 2.24) is 0 Å². The van der Waals surface area contributed by atoms with Crippen molar-refractivity contribution in [2.75, 3.05) is 0 Å². The van der Waals surface area contributed by atoms with Gasteiger partial charge in [-0.1, -0.05) is 43.1 Å². The Balaban J connectivity index is 2.83. The molecule has 0 radical (unpaired) electrons. The molecule has 94 valence electrons. The Morgan fingerprint density at radius 2 is 1.82 bits per heavy atom. The Morgan fingerprint density at radius 3 is 2.29 bits per heavy atom. The monoisotopic (exact) mass is 272 g/mol. The lowest BCUT2D eigenvalue weighted by molar-refractivity contribution is -0.118. The van der Waals surface area contributed by atoms with E-state index in [-0.39, 0.29) is 5.92 Å². The molecule has 1 atom stereocenters. The first kappa shape index (κ1) is 14.5. The molecule has 0 N–H and O–H groups in total. The van der Waals surface area contributed by atoms with Crippen molar-refractivity contribution in [2.45, 2.75) is 45.4 Å². The quantitative estimate of drug-likeness (QED) is 0.692. The molecule has 1 aromatic carbocycles. The van der Waals surface area contributed by atoms with E-state index >= 15 is 0 Å². The van der Waals surface area contributed by atoms with Gasteiger partial charge in [0.05, 0.1) is 0 Å². The number of benzene rings is 1. The Kier molecular flexibility index (Phi) is 6.01. The molecule has 0 saturated heterocycles. The minimum atomic E-state index is 0.270. The first-order valence-electron chi connectivity index (χ1n) is 6.05. The highest BCUT2D eigenvalue weighted by Crippen LogP contribution is 2.36. The zero-order valence-corrected chi connectivity index (χ0v) is 11.8. The van der Waals surface area contributed by atoms with Crippen molar-refractivity contribution < 1.29 is 4.79 Å². The molecule has 0 aliphatic rings. The summed E-state index contributed by atoms with van der Waals surface area (Å²) in [5.41, 5.74) is 0.988. The Hall–Kier alpha value is -0.530. The molecule has 1 unspecified atom stereocenters. The van der Waals surface area contributed by atoms with Gasteiger partial charge in [-0.05, 0) is 36.5 Å². The van der Waals surface area contributed by atoms with Crippen LogP contribution in [0.5, 0.6) is 0 Å². The molecule has 1 rings (SSSR count). The molecular weight excluding hydrogens is 255 g/mol. The second-order valence-electron chi connectivity index (χ2n) is 4.17. The molecule has 0 aliphatic heterocycles. The minimum absolute atomic E-state index is 0.270. The topological polar surface area (TPSA) is 17.1 Å². The van der Waals surface area contributed by atoms with E-state index in [1.165, 1.54) is 0 Å². The van der Waals surface area contributed by atoms with E-state index in [1.54, 1.807) is 0 Å². The zero-order chi connectivity index (χ0) is 12.8. The summed E-state index contributed by atoms with van der Waals surface area (Å²) in [5.74, 6) is 0.568. The van der Waals surface area contributed by atoms with Gasteiger partial charge >= 0.3 is 0 Å². The normalized spacial score (nSPS) is 12.5. The van der Waals surface area contributed by atoms with Crippen LogP contribution in [-0.2, 0) is 4.79 Å². The van der Waals surface area contributed by atoms with Crippen molar-refractivity contribution in [2.24, 2.45) is 0 Å². The molecule has 17 heavy (non-hydrogen) atoms. The molecule has 3 heteroatoms. The van der Waals surface area contributed by atoms with E-state index in [2.05, 4.69) is 6.92 Å². The minimum Gasteiger partial charge on any atom is -0.300 e. The van der Waals surface area contributed by atoms with E-state index in [9.17, 15) is 4.79 Å². The van der Waals surface area contributed by atoms with Gasteiger partial charge in [0.1, 0.15) is 5.78 Å². The number of halogens is 2. The Morgan fingerprint density at radius 1 is 1.24 bits per heavy atom. The molecule has 1 aromatic rings. The van der Waals surface area contributed by atoms with Crippen LogP contribution in [0.25, 0.3) is 0 Å². The average Bonchev–Trinajstić information content (AvgIpc) is 2.32. The van der Waals surface area contributed by atoms with E-state index < -0.39 is 0 Å². The number of carbonyl (C=O) groups excluding carboxylic acids is 1. The number of hydrogen-bond acceptors (Lipinski definition) is 1. The maximum absolute atomic E-state index is 11.4. The third kappa shape index (κ3) is 4.01. The molecular formula is C14H18Cl2O. The summed E-state index contributed by atoms with van der Waals surface area (Å²) in [6, 6.07) is 5.55. The number of ketones is 1. The van der Waals surface area contributed by atoms with Crippen LogP contribution < -0.4 is 0 Å². The fraction of sp³-hybridized carbons (Fsp3) is 0.500. The summed E-state index contributed by atoms with van der Waals surface area (Å²) in [7, 11) is 0. The lowest BCUT2D eigenvalue weighted by atomic mass is 9.90. The highest BCUT2D eigenvalue weighted by atomic mass is 35.5. The van der Waals surface area contributed by atoms with Crippen LogP contribution in [0.1, 0.15) is 51.0 Å². The van der Waals surface area contributed by atoms with Crippen LogP contribution in [0.3, 0.4) is 0 Å². The van der Waals surface area contributed by atoms with Crippen LogP contribution >= 0.6 is 23.2 Å². The van der Waals surface area contributed by atoms with Gasteiger partial charge in [-0.2, -0.15) is 0 Å². The van der Waals surface area contributed by atoms with Gasteiger partial charge in [-0.3, -0.25) is 4.79 Å². The van der Waals surface area contributed by atoms with Crippen LogP contribution in [0.15, 0.2) is 18.2 Å². The molecule has 0 fully saturated rings. The molecule has 1 nitrogen and oxygen atoms in total. The average molecular weight is 273 g/mol. The predicted molar refractivity (Wildman–Crippen MR) is 74.0 cm³/mol. The molecule has 0 aliphatic carbocycles. The molecule has 0 amide bonds.